The first-order valence-corrected chi connectivity index (χ1v) is 12.7. The summed E-state index contributed by atoms with van der Waals surface area (Å²) in [6, 6.07) is 19.5. The average Bonchev–Trinajstić information content (AvgIpc) is 2.93. The Hall–Kier alpha value is -4.34. The van der Waals surface area contributed by atoms with Crippen molar-refractivity contribution in [3.63, 3.8) is 0 Å². The molecule has 0 aliphatic heterocycles. The van der Waals surface area contributed by atoms with Crippen molar-refractivity contribution in [2.24, 2.45) is 5.92 Å². The molecule has 0 heterocycles. The van der Waals surface area contributed by atoms with E-state index in [-0.39, 0.29) is 30.4 Å². The lowest BCUT2D eigenvalue weighted by Gasteiger charge is -2.22. The van der Waals surface area contributed by atoms with Gasteiger partial charge >= 0.3 is 6.18 Å². The summed E-state index contributed by atoms with van der Waals surface area (Å²) in [6.45, 7) is 2.30. The highest BCUT2D eigenvalue weighted by Gasteiger charge is 2.31. The molecule has 0 aromatic heterocycles. The number of hydrogen-bond donors (Lipinski definition) is 3. The second-order valence-corrected chi connectivity index (χ2v) is 9.60. The first-order chi connectivity index (χ1) is 19.0. The highest BCUT2D eigenvalue weighted by atomic mass is 19.4. The zero-order chi connectivity index (χ0) is 29.3. The number of halogens is 3. The van der Waals surface area contributed by atoms with Crippen molar-refractivity contribution in [2.75, 3.05) is 13.7 Å². The third-order valence-electron chi connectivity index (χ3n) is 6.06. The maximum atomic E-state index is 13.4. The third-order valence-corrected chi connectivity index (χ3v) is 6.06. The Morgan fingerprint density at radius 3 is 2.08 bits per heavy atom. The van der Waals surface area contributed by atoms with Gasteiger partial charge in [0.2, 0.25) is 5.91 Å². The van der Waals surface area contributed by atoms with E-state index in [9.17, 15) is 27.6 Å². The molecule has 0 aliphatic carbocycles. The van der Waals surface area contributed by atoms with Crippen molar-refractivity contribution in [3.8, 4) is 16.9 Å². The van der Waals surface area contributed by atoms with Gasteiger partial charge in [-0.25, -0.2) is 0 Å². The predicted octanol–water partition coefficient (Wildman–Crippen LogP) is 5.12. The van der Waals surface area contributed by atoms with E-state index in [1.165, 1.54) is 7.11 Å². The van der Waals surface area contributed by atoms with Crippen LogP contribution in [0.5, 0.6) is 5.75 Å². The molecule has 3 aromatic rings. The number of nitrogens with one attached hydrogen (secondary N) is 3. The lowest BCUT2D eigenvalue weighted by atomic mass is 9.94. The van der Waals surface area contributed by atoms with Crippen LogP contribution in [0.2, 0.25) is 0 Å². The number of benzene rings is 3. The first kappa shape index (κ1) is 30.2. The van der Waals surface area contributed by atoms with Crippen LogP contribution in [0.4, 0.5) is 13.2 Å². The van der Waals surface area contributed by atoms with Gasteiger partial charge in [0.15, 0.2) is 0 Å². The first-order valence-electron chi connectivity index (χ1n) is 12.7. The Balaban J connectivity index is 1.81. The van der Waals surface area contributed by atoms with Gasteiger partial charge in [-0.2, -0.15) is 13.2 Å². The minimum Gasteiger partial charge on any atom is -0.497 e. The molecule has 0 saturated heterocycles. The van der Waals surface area contributed by atoms with Gasteiger partial charge in [-0.3, -0.25) is 14.4 Å². The second-order valence-electron chi connectivity index (χ2n) is 9.60. The van der Waals surface area contributed by atoms with Gasteiger partial charge in [0.25, 0.3) is 11.8 Å². The number of carbonyl (C=O) groups excluding carboxylic acids is 3. The number of carbonyl (C=O) groups is 3. The molecule has 3 N–H and O–H groups in total. The van der Waals surface area contributed by atoms with Gasteiger partial charge in [0.05, 0.1) is 7.11 Å². The summed E-state index contributed by atoms with van der Waals surface area (Å²) in [5, 5.41) is 7.36. The van der Waals surface area contributed by atoms with Crippen LogP contribution < -0.4 is 20.7 Å². The molecular formula is C30H32F3N3O4. The Morgan fingerprint density at radius 2 is 1.45 bits per heavy atom. The van der Waals surface area contributed by atoms with E-state index in [1.54, 1.807) is 68.4 Å². The number of rotatable bonds is 11. The largest absolute Gasteiger partial charge is 0.497 e. The van der Waals surface area contributed by atoms with Crippen LogP contribution in [0.3, 0.4) is 0 Å². The van der Waals surface area contributed by atoms with Crippen molar-refractivity contribution in [2.45, 2.75) is 39.0 Å². The lowest BCUT2D eigenvalue weighted by Crippen LogP contribution is -2.49. The summed E-state index contributed by atoms with van der Waals surface area (Å²) < 4.78 is 43.1. The number of amides is 3. The molecular weight excluding hydrogens is 523 g/mol. The third kappa shape index (κ3) is 8.59. The molecule has 0 aliphatic rings. The van der Waals surface area contributed by atoms with E-state index in [2.05, 4.69) is 10.6 Å². The molecule has 0 bridgehead atoms. The van der Waals surface area contributed by atoms with Gasteiger partial charge in [-0.1, -0.05) is 56.3 Å². The SMILES string of the molecule is COc1ccc(C(=O)NCc2ccccc2-c2ccccc2C(=O)NC(CC(C)C)C(=O)NCC(F)(F)F)cc1. The van der Waals surface area contributed by atoms with Gasteiger partial charge in [0, 0.05) is 17.7 Å². The van der Waals surface area contributed by atoms with Crippen LogP contribution in [0.25, 0.3) is 11.1 Å². The molecule has 1 atom stereocenters. The van der Waals surface area contributed by atoms with Crippen molar-refractivity contribution < 1.29 is 32.3 Å². The van der Waals surface area contributed by atoms with E-state index < -0.39 is 30.6 Å². The van der Waals surface area contributed by atoms with Crippen molar-refractivity contribution >= 4 is 17.7 Å². The fourth-order valence-electron chi connectivity index (χ4n) is 4.12. The Bertz CT molecular complexity index is 1320. The Labute approximate surface area is 231 Å². The topological polar surface area (TPSA) is 96.5 Å². The Morgan fingerprint density at radius 1 is 0.825 bits per heavy atom. The van der Waals surface area contributed by atoms with Gasteiger partial charge in [0.1, 0.15) is 18.3 Å². The molecule has 3 rings (SSSR count). The van der Waals surface area contributed by atoms with E-state index in [0.717, 1.165) is 5.56 Å². The van der Waals surface area contributed by atoms with Crippen LogP contribution in [-0.2, 0) is 11.3 Å². The molecule has 0 fully saturated rings. The smallest absolute Gasteiger partial charge is 0.405 e. The fourth-order valence-corrected chi connectivity index (χ4v) is 4.12. The molecule has 3 amide bonds. The minimum atomic E-state index is -4.57. The number of ether oxygens (including phenoxy) is 1. The Kier molecular flexibility index (Phi) is 10.3. The summed E-state index contributed by atoms with van der Waals surface area (Å²) in [6.07, 6.45) is -4.41. The minimum absolute atomic E-state index is 0.0628. The van der Waals surface area contributed by atoms with E-state index >= 15 is 0 Å². The molecule has 0 radical (unpaired) electrons. The van der Waals surface area contributed by atoms with E-state index in [4.69, 9.17) is 4.74 Å². The van der Waals surface area contributed by atoms with Crippen LogP contribution in [0.15, 0.2) is 72.8 Å². The van der Waals surface area contributed by atoms with E-state index in [0.29, 0.717) is 22.4 Å². The molecule has 7 nitrogen and oxygen atoms in total. The maximum Gasteiger partial charge on any atom is 0.405 e. The van der Waals surface area contributed by atoms with Crippen molar-refractivity contribution in [1.82, 2.24) is 16.0 Å². The number of methoxy groups -OCH3 is 1. The van der Waals surface area contributed by atoms with Crippen LogP contribution in [0.1, 0.15) is 46.5 Å². The normalized spacial score (nSPS) is 12.0. The maximum absolute atomic E-state index is 13.4. The van der Waals surface area contributed by atoms with Crippen molar-refractivity contribution in [3.05, 3.63) is 89.5 Å². The fraction of sp³-hybridized carbons (Fsp3) is 0.300. The van der Waals surface area contributed by atoms with Crippen LogP contribution in [0, 0.1) is 5.92 Å². The number of hydrogen-bond acceptors (Lipinski definition) is 4. The lowest BCUT2D eigenvalue weighted by molar-refractivity contribution is -0.139. The number of alkyl halides is 3. The summed E-state index contributed by atoms with van der Waals surface area (Å²) in [4.78, 5) is 38.6. The molecule has 0 spiro atoms. The van der Waals surface area contributed by atoms with Gasteiger partial charge in [-0.05, 0) is 59.4 Å². The molecule has 3 aromatic carbocycles. The van der Waals surface area contributed by atoms with Gasteiger partial charge < -0.3 is 20.7 Å². The van der Waals surface area contributed by atoms with Crippen molar-refractivity contribution in [1.29, 1.82) is 0 Å². The van der Waals surface area contributed by atoms with Crippen LogP contribution in [-0.4, -0.2) is 43.6 Å². The highest BCUT2D eigenvalue weighted by Crippen LogP contribution is 2.28. The summed E-state index contributed by atoms with van der Waals surface area (Å²) in [7, 11) is 1.54. The van der Waals surface area contributed by atoms with Gasteiger partial charge in [-0.15, -0.1) is 0 Å². The van der Waals surface area contributed by atoms with Crippen LogP contribution >= 0.6 is 0 Å². The molecule has 0 saturated carbocycles. The predicted molar refractivity (Wildman–Crippen MR) is 146 cm³/mol. The monoisotopic (exact) mass is 555 g/mol. The molecule has 10 heteroatoms. The summed E-state index contributed by atoms with van der Waals surface area (Å²) in [5.41, 5.74) is 2.68. The second kappa shape index (κ2) is 13.6. The highest BCUT2D eigenvalue weighted by molar-refractivity contribution is 6.03. The van der Waals surface area contributed by atoms with E-state index in [1.807, 2.05) is 23.5 Å². The quantitative estimate of drug-likeness (QED) is 0.306. The zero-order valence-corrected chi connectivity index (χ0v) is 22.5. The summed E-state index contributed by atoms with van der Waals surface area (Å²) in [5.74, 6) is -1.22. The zero-order valence-electron chi connectivity index (χ0n) is 22.5. The molecule has 212 valence electrons. The molecule has 1 unspecified atom stereocenters. The standard InChI is InChI=1S/C30H32F3N3O4/c1-19(2)16-26(29(39)35-18-30(31,32)33)36-28(38)25-11-7-6-10-24(25)23-9-5-4-8-21(23)17-34-27(37)20-12-14-22(40-3)15-13-20/h4-15,19,26H,16-18H2,1-3H3,(H,34,37)(H,35,39)(H,36,38). The average molecular weight is 556 g/mol. The summed E-state index contributed by atoms with van der Waals surface area (Å²) >= 11 is 0. The molecule has 40 heavy (non-hydrogen) atoms.